The Morgan fingerprint density at radius 2 is 2.07 bits per heavy atom. The van der Waals surface area contributed by atoms with Crippen molar-refractivity contribution in [1.82, 2.24) is 10.3 Å². The minimum absolute atomic E-state index is 0.189. The maximum absolute atomic E-state index is 12.3. The van der Waals surface area contributed by atoms with E-state index in [1.807, 2.05) is 24.3 Å². The number of hydrogen-bond acceptors (Lipinski definition) is 6. The van der Waals surface area contributed by atoms with Crippen LogP contribution in [0.15, 0.2) is 36.5 Å². The number of aromatic nitrogens is 1. The summed E-state index contributed by atoms with van der Waals surface area (Å²) in [5.74, 6) is 1.18. The molecule has 3 rings (SSSR count). The van der Waals surface area contributed by atoms with E-state index in [0.29, 0.717) is 30.2 Å². The third-order valence-corrected chi connectivity index (χ3v) is 4.70. The van der Waals surface area contributed by atoms with Crippen LogP contribution in [-0.4, -0.2) is 50.9 Å². The number of benzene rings is 1. The highest BCUT2D eigenvalue weighted by Crippen LogP contribution is 2.27. The van der Waals surface area contributed by atoms with Gasteiger partial charge in [0.2, 0.25) is 0 Å². The fraction of sp³-hybridized carbons (Fsp3) is 0.429. The summed E-state index contributed by atoms with van der Waals surface area (Å²) in [5.41, 5.74) is 2.34. The van der Waals surface area contributed by atoms with Crippen molar-refractivity contribution in [3.63, 3.8) is 0 Å². The van der Waals surface area contributed by atoms with Crippen LogP contribution < -0.4 is 20.1 Å². The molecule has 0 aliphatic carbocycles. The van der Waals surface area contributed by atoms with Gasteiger partial charge in [0.25, 0.3) is 5.91 Å². The monoisotopic (exact) mass is 385 g/mol. The van der Waals surface area contributed by atoms with Crippen LogP contribution in [0.1, 0.15) is 28.9 Å². The lowest BCUT2D eigenvalue weighted by Crippen LogP contribution is -2.26. The van der Waals surface area contributed by atoms with Crippen molar-refractivity contribution in [2.24, 2.45) is 0 Å². The van der Waals surface area contributed by atoms with Gasteiger partial charge < -0.3 is 24.8 Å². The average molecular weight is 385 g/mol. The smallest absolute Gasteiger partial charge is 0.269 e. The molecule has 150 valence electrons. The van der Waals surface area contributed by atoms with Crippen molar-refractivity contribution < 1.29 is 19.0 Å². The topological polar surface area (TPSA) is 81.7 Å². The van der Waals surface area contributed by atoms with E-state index in [-0.39, 0.29) is 12.0 Å². The largest absolute Gasteiger partial charge is 0.493 e. The Morgan fingerprint density at radius 1 is 1.21 bits per heavy atom. The van der Waals surface area contributed by atoms with Gasteiger partial charge in [-0.05, 0) is 49.1 Å². The third kappa shape index (κ3) is 5.36. The number of rotatable bonds is 9. The zero-order valence-electron chi connectivity index (χ0n) is 16.4. The van der Waals surface area contributed by atoms with Crippen LogP contribution in [0.5, 0.6) is 11.5 Å². The summed E-state index contributed by atoms with van der Waals surface area (Å²) in [4.78, 5) is 16.5. The molecule has 1 aromatic heterocycles. The van der Waals surface area contributed by atoms with E-state index in [1.165, 1.54) is 0 Å². The summed E-state index contributed by atoms with van der Waals surface area (Å²) in [6, 6.07) is 9.33. The maximum atomic E-state index is 12.3. The van der Waals surface area contributed by atoms with Crippen molar-refractivity contribution >= 4 is 11.6 Å². The summed E-state index contributed by atoms with van der Waals surface area (Å²) in [6.45, 7) is 2.11. The van der Waals surface area contributed by atoms with Crippen LogP contribution in [0, 0.1) is 0 Å². The van der Waals surface area contributed by atoms with Crippen molar-refractivity contribution in [1.29, 1.82) is 0 Å². The van der Waals surface area contributed by atoms with Gasteiger partial charge in [0.15, 0.2) is 11.5 Å². The van der Waals surface area contributed by atoms with Crippen LogP contribution in [0.4, 0.5) is 5.69 Å². The molecule has 1 aliphatic heterocycles. The summed E-state index contributed by atoms with van der Waals surface area (Å²) in [6.07, 6.45) is 4.83. The Morgan fingerprint density at radius 3 is 2.75 bits per heavy atom. The molecule has 2 aromatic rings. The van der Waals surface area contributed by atoms with Crippen LogP contribution >= 0.6 is 0 Å². The Balaban J connectivity index is 1.45. The molecule has 1 atom stereocenters. The minimum atomic E-state index is -0.189. The van der Waals surface area contributed by atoms with E-state index in [2.05, 4.69) is 15.6 Å². The molecule has 0 bridgehead atoms. The second-order valence-electron chi connectivity index (χ2n) is 6.64. The van der Waals surface area contributed by atoms with Gasteiger partial charge in [0.05, 0.1) is 32.2 Å². The van der Waals surface area contributed by atoms with E-state index in [9.17, 15) is 4.79 Å². The highest BCUT2D eigenvalue weighted by molar-refractivity contribution is 5.92. The number of amides is 1. The first kappa shape index (κ1) is 19.9. The molecule has 28 heavy (non-hydrogen) atoms. The molecule has 2 heterocycles. The predicted molar refractivity (Wildman–Crippen MR) is 107 cm³/mol. The fourth-order valence-corrected chi connectivity index (χ4v) is 3.12. The molecule has 0 spiro atoms. The number of carbonyl (C=O) groups is 1. The normalized spacial score (nSPS) is 15.9. The third-order valence-electron chi connectivity index (χ3n) is 4.70. The van der Waals surface area contributed by atoms with Gasteiger partial charge in [0.1, 0.15) is 5.69 Å². The fourth-order valence-electron chi connectivity index (χ4n) is 3.12. The van der Waals surface area contributed by atoms with Crippen molar-refractivity contribution in [3.8, 4) is 11.5 Å². The quantitative estimate of drug-likeness (QED) is 0.691. The number of hydrogen-bond donors (Lipinski definition) is 2. The molecule has 1 saturated heterocycles. The van der Waals surface area contributed by atoms with Gasteiger partial charge in [-0.2, -0.15) is 0 Å². The number of carbonyl (C=O) groups excluding carboxylic acids is 1. The number of nitrogens with zero attached hydrogens (tertiary/aromatic N) is 1. The highest BCUT2D eigenvalue weighted by atomic mass is 16.5. The Labute approximate surface area is 165 Å². The van der Waals surface area contributed by atoms with E-state index in [4.69, 9.17) is 14.2 Å². The molecule has 7 heteroatoms. The van der Waals surface area contributed by atoms with E-state index in [1.54, 1.807) is 26.5 Å². The number of pyridine rings is 1. The van der Waals surface area contributed by atoms with Crippen LogP contribution in [0.3, 0.4) is 0 Å². The van der Waals surface area contributed by atoms with Crippen molar-refractivity contribution in [2.75, 3.05) is 39.2 Å². The second-order valence-corrected chi connectivity index (χ2v) is 6.64. The van der Waals surface area contributed by atoms with Crippen molar-refractivity contribution in [3.05, 3.63) is 47.8 Å². The summed E-state index contributed by atoms with van der Waals surface area (Å²) >= 11 is 0. The van der Waals surface area contributed by atoms with Gasteiger partial charge in [-0.3, -0.25) is 4.79 Å². The standard InChI is InChI=1S/C21H27N3O4/c1-26-19-8-5-15(12-20(19)27-2)9-10-22-21(25)18-7-6-16(13-24-18)23-14-17-4-3-11-28-17/h5-8,12-13,17,23H,3-4,9-11,14H2,1-2H3,(H,22,25). The van der Waals surface area contributed by atoms with Crippen LogP contribution in [0.25, 0.3) is 0 Å². The average Bonchev–Trinajstić information content (AvgIpc) is 3.26. The van der Waals surface area contributed by atoms with Gasteiger partial charge in [-0.25, -0.2) is 4.98 Å². The lowest BCUT2D eigenvalue weighted by molar-refractivity contribution is 0.0949. The number of nitrogens with one attached hydrogen (secondary N) is 2. The molecule has 1 fully saturated rings. The first-order valence-corrected chi connectivity index (χ1v) is 9.50. The molecule has 1 aliphatic rings. The zero-order valence-corrected chi connectivity index (χ0v) is 16.4. The first-order chi connectivity index (χ1) is 13.7. The predicted octanol–water partition coefficient (Wildman–Crippen LogP) is 2.66. The summed E-state index contributed by atoms with van der Waals surface area (Å²) < 4.78 is 16.1. The molecule has 0 saturated carbocycles. The van der Waals surface area contributed by atoms with Gasteiger partial charge >= 0.3 is 0 Å². The number of ether oxygens (including phenoxy) is 3. The maximum Gasteiger partial charge on any atom is 0.269 e. The number of methoxy groups -OCH3 is 2. The lowest BCUT2D eigenvalue weighted by atomic mass is 10.1. The first-order valence-electron chi connectivity index (χ1n) is 9.50. The van der Waals surface area contributed by atoms with Gasteiger partial charge in [-0.1, -0.05) is 6.07 Å². The molecule has 1 unspecified atom stereocenters. The molecule has 2 N–H and O–H groups in total. The second kappa shape index (κ2) is 9.94. The zero-order chi connectivity index (χ0) is 19.8. The molecule has 1 amide bonds. The Hall–Kier alpha value is -2.80. The lowest BCUT2D eigenvalue weighted by Gasteiger charge is -2.12. The van der Waals surface area contributed by atoms with E-state index >= 15 is 0 Å². The Bertz CT molecular complexity index is 774. The van der Waals surface area contributed by atoms with Crippen molar-refractivity contribution in [2.45, 2.75) is 25.4 Å². The molecule has 1 aromatic carbocycles. The van der Waals surface area contributed by atoms with Crippen LogP contribution in [0.2, 0.25) is 0 Å². The summed E-state index contributed by atoms with van der Waals surface area (Å²) in [7, 11) is 3.21. The molecular weight excluding hydrogens is 358 g/mol. The van der Waals surface area contributed by atoms with Crippen LogP contribution in [-0.2, 0) is 11.2 Å². The minimum Gasteiger partial charge on any atom is -0.493 e. The Kier molecular flexibility index (Phi) is 7.08. The van der Waals surface area contributed by atoms with E-state index in [0.717, 1.165) is 37.2 Å². The van der Waals surface area contributed by atoms with Gasteiger partial charge in [-0.15, -0.1) is 0 Å². The highest BCUT2D eigenvalue weighted by Gasteiger charge is 2.15. The SMILES string of the molecule is COc1ccc(CCNC(=O)c2ccc(NCC3CCCO3)cn2)cc1OC. The molecule has 7 nitrogen and oxygen atoms in total. The number of anilines is 1. The van der Waals surface area contributed by atoms with Gasteiger partial charge in [0, 0.05) is 19.7 Å². The summed E-state index contributed by atoms with van der Waals surface area (Å²) in [5, 5.41) is 6.19. The van der Waals surface area contributed by atoms with E-state index < -0.39 is 0 Å². The molecule has 0 radical (unpaired) electrons. The molecular formula is C21H27N3O4.